The summed E-state index contributed by atoms with van der Waals surface area (Å²) in [5, 5.41) is 21.5. The molecular formula is C14H25N3O4. The van der Waals surface area contributed by atoms with Gasteiger partial charge in [-0.2, -0.15) is 0 Å². The van der Waals surface area contributed by atoms with Crippen LogP contribution in [0.2, 0.25) is 0 Å². The number of aliphatic hydroxyl groups excluding tert-OH is 1. The van der Waals surface area contributed by atoms with Gasteiger partial charge in [-0.15, -0.1) is 0 Å². The Morgan fingerprint density at radius 3 is 2.19 bits per heavy atom. The lowest BCUT2D eigenvalue weighted by atomic mass is 9.93. The summed E-state index contributed by atoms with van der Waals surface area (Å²) >= 11 is 0. The van der Waals surface area contributed by atoms with E-state index < -0.39 is 12.0 Å². The molecule has 0 radical (unpaired) electrons. The summed E-state index contributed by atoms with van der Waals surface area (Å²) in [7, 11) is 0. The molecule has 1 saturated heterocycles. The normalized spacial score (nSPS) is 29.0. The van der Waals surface area contributed by atoms with E-state index in [4.69, 9.17) is 5.11 Å². The van der Waals surface area contributed by atoms with Crippen LogP contribution in [0.15, 0.2) is 0 Å². The lowest BCUT2D eigenvalue weighted by molar-refractivity contribution is -0.143. The van der Waals surface area contributed by atoms with Crippen LogP contribution in [0, 0.1) is 0 Å². The van der Waals surface area contributed by atoms with Crippen LogP contribution in [-0.4, -0.2) is 76.4 Å². The highest BCUT2D eigenvalue weighted by atomic mass is 16.4. The van der Waals surface area contributed by atoms with Crippen molar-refractivity contribution in [2.24, 2.45) is 0 Å². The van der Waals surface area contributed by atoms with Crippen molar-refractivity contribution < 1.29 is 19.8 Å². The number of urea groups is 1. The summed E-state index contributed by atoms with van der Waals surface area (Å²) in [6.45, 7) is 3.96. The number of aliphatic hydroxyl groups is 1. The summed E-state index contributed by atoms with van der Waals surface area (Å²) in [5.41, 5.74) is 0. The minimum absolute atomic E-state index is 0.0704. The zero-order valence-electron chi connectivity index (χ0n) is 12.5. The molecule has 0 aromatic rings. The quantitative estimate of drug-likeness (QED) is 0.687. The molecule has 7 nitrogen and oxygen atoms in total. The number of nitrogens with zero attached hydrogens (tertiary/aromatic N) is 2. The molecule has 0 bridgehead atoms. The molecule has 0 aromatic carbocycles. The van der Waals surface area contributed by atoms with Crippen molar-refractivity contribution in [2.45, 2.75) is 50.8 Å². The molecule has 2 amide bonds. The summed E-state index contributed by atoms with van der Waals surface area (Å²) in [5.74, 6) is -0.825. The number of rotatable bonds is 3. The minimum Gasteiger partial charge on any atom is -0.480 e. The van der Waals surface area contributed by atoms with Crippen molar-refractivity contribution in [3.05, 3.63) is 0 Å². The van der Waals surface area contributed by atoms with Crippen LogP contribution in [0.25, 0.3) is 0 Å². The molecule has 1 aliphatic heterocycles. The first-order valence-electron chi connectivity index (χ1n) is 7.67. The van der Waals surface area contributed by atoms with Gasteiger partial charge in [-0.1, -0.05) is 0 Å². The second-order valence-corrected chi connectivity index (χ2v) is 5.99. The minimum atomic E-state index is -0.825. The van der Waals surface area contributed by atoms with E-state index in [2.05, 4.69) is 5.32 Å². The Kier molecular flexibility index (Phi) is 5.41. The van der Waals surface area contributed by atoms with Crippen LogP contribution in [0.3, 0.4) is 0 Å². The maximum Gasteiger partial charge on any atom is 0.320 e. The van der Waals surface area contributed by atoms with Gasteiger partial charge in [0.25, 0.3) is 0 Å². The van der Waals surface area contributed by atoms with Crippen molar-refractivity contribution in [1.29, 1.82) is 0 Å². The fourth-order valence-electron chi connectivity index (χ4n) is 2.95. The first-order valence-corrected chi connectivity index (χ1v) is 7.67. The number of aliphatic carboxylic acids is 1. The zero-order valence-corrected chi connectivity index (χ0v) is 12.5. The molecule has 1 heterocycles. The Hall–Kier alpha value is -1.34. The number of nitrogens with one attached hydrogen (secondary N) is 1. The van der Waals surface area contributed by atoms with E-state index >= 15 is 0 Å². The van der Waals surface area contributed by atoms with Crippen LogP contribution < -0.4 is 5.32 Å². The van der Waals surface area contributed by atoms with Crippen LogP contribution in [-0.2, 0) is 4.79 Å². The van der Waals surface area contributed by atoms with E-state index in [9.17, 15) is 14.7 Å². The average molecular weight is 299 g/mol. The molecule has 21 heavy (non-hydrogen) atoms. The Balaban J connectivity index is 1.74. The van der Waals surface area contributed by atoms with Gasteiger partial charge in [0.2, 0.25) is 0 Å². The van der Waals surface area contributed by atoms with Gasteiger partial charge in [-0.05, 0) is 32.6 Å². The third kappa shape index (κ3) is 4.31. The zero-order chi connectivity index (χ0) is 15.4. The van der Waals surface area contributed by atoms with Crippen LogP contribution in [0.5, 0.6) is 0 Å². The highest BCUT2D eigenvalue weighted by Crippen LogP contribution is 2.18. The van der Waals surface area contributed by atoms with Gasteiger partial charge in [0.05, 0.1) is 6.10 Å². The Bertz CT molecular complexity index is 374. The standard InChI is InChI=1S/C14H25N3O4/c1-10(13(19)20)16-6-8-17(9-7-16)14(21)15-11-2-4-12(18)5-3-11/h10-12,18H,2-9H2,1H3,(H,15,21)(H,19,20). The summed E-state index contributed by atoms with van der Waals surface area (Å²) < 4.78 is 0. The number of carboxylic acid groups (broad SMARTS) is 1. The fourth-order valence-corrected chi connectivity index (χ4v) is 2.95. The van der Waals surface area contributed by atoms with Crippen molar-refractivity contribution in [3.8, 4) is 0 Å². The predicted molar refractivity (Wildman–Crippen MR) is 77.0 cm³/mol. The van der Waals surface area contributed by atoms with Crippen molar-refractivity contribution >= 4 is 12.0 Å². The lowest BCUT2D eigenvalue weighted by Gasteiger charge is -2.37. The number of amides is 2. The molecule has 2 fully saturated rings. The molecule has 0 aromatic heterocycles. The van der Waals surface area contributed by atoms with Gasteiger partial charge in [0.1, 0.15) is 6.04 Å². The van der Waals surface area contributed by atoms with Crippen LogP contribution in [0.1, 0.15) is 32.6 Å². The number of carbonyl (C=O) groups excluding carboxylic acids is 1. The Morgan fingerprint density at radius 2 is 1.67 bits per heavy atom. The molecule has 120 valence electrons. The lowest BCUT2D eigenvalue weighted by Crippen LogP contribution is -2.56. The molecule has 3 N–H and O–H groups in total. The van der Waals surface area contributed by atoms with Crippen molar-refractivity contribution in [3.63, 3.8) is 0 Å². The second kappa shape index (κ2) is 7.09. The molecule has 7 heteroatoms. The average Bonchev–Trinajstić information content (AvgIpc) is 2.49. The summed E-state index contributed by atoms with van der Waals surface area (Å²) in [4.78, 5) is 26.7. The maximum atomic E-state index is 12.2. The van der Waals surface area contributed by atoms with Gasteiger partial charge in [0, 0.05) is 32.2 Å². The molecule has 0 spiro atoms. The SMILES string of the molecule is CC(C(=O)O)N1CCN(C(=O)NC2CCC(O)CC2)CC1. The number of carboxylic acids is 1. The highest BCUT2D eigenvalue weighted by molar-refractivity contribution is 5.75. The van der Waals surface area contributed by atoms with Gasteiger partial charge < -0.3 is 20.4 Å². The van der Waals surface area contributed by atoms with E-state index in [1.165, 1.54) is 0 Å². The number of piperazine rings is 1. The van der Waals surface area contributed by atoms with Gasteiger partial charge in [-0.25, -0.2) is 4.79 Å². The van der Waals surface area contributed by atoms with E-state index in [1.54, 1.807) is 11.8 Å². The van der Waals surface area contributed by atoms with Gasteiger partial charge >= 0.3 is 12.0 Å². The van der Waals surface area contributed by atoms with Gasteiger partial charge in [-0.3, -0.25) is 9.69 Å². The Morgan fingerprint density at radius 1 is 1.10 bits per heavy atom. The summed E-state index contributed by atoms with van der Waals surface area (Å²) in [6, 6.07) is -0.425. The largest absolute Gasteiger partial charge is 0.480 e. The van der Waals surface area contributed by atoms with Crippen LogP contribution in [0.4, 0.5) is 4.79 Å². The molecule has 1 aliphatic carbocycles. The number of hydrogen-bond acceptors (Lipinski definition) is 4. The van der Waals surface area contributed by atoms with E-state index in [-0.39, 0.29) is 18.2 Å². The van der Waals surface area contributed by atoms with Crippen LogP contribution >= 0.6 is 0 Å². The van der Waals surface area contributed by atoms with E-state index in [0.717, 1.165) is 25.7 Å². The molecular weight excluding hydrogens is 274 g/mol. The molecule has 1 atom stereocenters. The molecule has 1 saturated carbocycles. The molecule has 1 unspecified atom stereocenters. The first kappa shape index (κ1) is 16.0. The van der Waals surface area contributed by atoms with E-state index in [1.807, 2.05) is 4.90 Å². The summed E-state index contributed by atoms with van der Waals surface area (Å²) in [6.07, 6.45) is 2.91. The fraction of sp³-hybridized carbons (Fsp3) is 0.857. The van der Waals surface area contributed by atoms with E-state index in [0.29, 0.717) is 26.2 Å². The highest BCUT2D eigenvalue weighted by Gasteiger charge is 2.28. The number of hydrogen-bond donors (Lipinski definition) is 3. The third-order valence-electron chi connectivity index (χ3n) is 4.53. The third-order valence-corrected chi connectivity index (χ3v) is 4.53. The maximum absolute atomic E-state index is 12.2. The molecule has 2 rings (SSSR count). The Labute approximate surface area is 124 Å². The second-order valence-electron chi connectivity index (χ2n) is 5.99. The van der Waals surface area contributed by atoms with Gasteiger partial charge in [0.15, 0.2) is 0 Å². The predicted octanol–water partition coefficient (Wildman–Crippen LogP) is 0.0902. The van der Waals surface area contributed by atoms with Crippen molar-refractivity contribution in [1.82, 2.24) is 15.1 Å². The first-order chi connectivity index (χ1) is 9.97. The molecule has 2 aliphatic rings. The topological polar surface area (TPSA) is 93.1 Å². The van der Waals surface area contributed by atoms with Crippen molar-refractivity contribution in [2.75, 3.05) is 26.2 Å². The smallest absolute Gasteiger partial charge is 0.320 e. The monoisotopic (exact) mass is 299 g/mol. The number of carbonyl (C=O) groups is 2.